The number of aliphatic carboxylic acids is 1. The molecule has 1 saturated heterocycles. The lowest BCUT2D eigenvalue weighted by Gasteiger charge is -2.22. The number of thiazole rings is 1. The fourth-order valence-corrected chi connectivity index (χ4v) is 2.87. The number of carbonyl (C=O) groups excluding carboxylic acids is 1. The average Bonchev–Trinajstić information content (AvgIpc) is 3.04. The van der Waals surface area contributed by atoms with Crippen LogP contribution in [0.15, 0.2) is 11.6 Å². The Morgan fingerprint density at radius 1 is 1.68 bits per heavy atom. The van der Waals surface area contributed by atoms with E-state index >= 15 is 0 Å². The van der Waals surface area contributed by atoms with Crippen molar-refractivity contribution in [2.75, 3.05) is 13.1 Å². The highest BCUT2D eigenvalue weighted by atomic mass is 32.1. The van der Waals surface area contributed by atoms with E-state index in [2.05, 4.69) is 10.3 Å². The van der Waals surface area contributed by atoms with Crippen molar-refractivity contribution >= 4 is 23.3 Å². The molecule has 0 aliphatic carbocycles. The number of carbonyl (C=O) groups is 2. The number of rotatable bonds is 4. The molecule has 2 heterocycles. The number of nitrogens with one attached hydrogen (secondary N) is 1. The number of carboxylic acids is 1. The summed E-state index contributed by atoms with van der Waals surface area (Å²) in [5.74, 6) is -0.796. The number of hydrogen-bond acceptors (Lipinski definition) is 4. The van der Waals surface area contributed by atoms with Crippen molar-refractivity contribution in [3.05, 3.63) is 16.6 Å². The quantitative estimate of drug-likeness (QED) is 0.877. The second-order valence-corrected chi connectivity index (χ2v) is 5.57. The predicted molar refractivity (Wildman–Crippen MR) is 71.3 cm³/mol. The minimum absolute atomic E-state index is 0.134. The van der Waals surface area contributed by atoms with Gasteiger partial charge in [0, 0.05) is 30.6 Å². The summed E-state index contributed by atoms with van der Waals surface area (Å²) in [6, 6.07) is -0.983. The van der Waals surface area contributed by atoms with Gasteiger partial charge in [-0.2, -0.15) is 0 Å². The van der Waals surface area contributed by atoms with Crippen LogP contribution in [0.4, 0.5) is 4.79 Å². The first-order valence-electron chi connectivity index (χ1n) is 6.26. The monoisotopic (exact) mass is 283 g/mol. The van der Waals surface area contributed by atoms with E-state index in [0.717, 1.165) is 11.4 Å². The highest BCUT2D eigenvalue weighted by Gasteiger charge is 2.33. The van der Waals surface area contributed by atoms with Crippen LogP contribution in [-0.2, 0) is 4.79 Å². The van der Waals surface area contributed by atoms with Crippen LogP contribution in [-0.4, -0.2) is 46.1 Å². The fraction of sp³-hybridized carbons (Fsp3) is 0.583. The average molecular weight is 283 g/mol. The summed E-state index contributed by atoms with van der Waals surface area (Å²) >= 11 is 1.55. The van der Waals surface area contributed by atoms with E-state index in [0.29, 0.717) is 19.5 Å². The molecule has 2 amide bonds. The number of amides is 2. The molecule has 1 aliphatic heterocycles. The van der Waals surface area contributed by atoms with Crippen LogP contribution in [0, 0.1) is 0 Å². The van der Waals surface area contributed by atoms with Crippen molar-refractivity contribution in [1.29, 1.82) is 0 Å². The molecular weight excluding hydrogens is 266 g/mol. The van der Waals surface area contributed by atoms with Crippen LogP contribution in [0.3, 0.4) is 0 Å². The van der Waals surface area contributed by atoms with Crippen molar-refractivity contribution in [2.24, 2.45) is 0 Å². The molecule has 2 atom stereocenters. The van der Waals surface area contributed by atoms with Crippen LogP contribution < -0.4 is 5.32 Å². The Morgan fingerprint density at radius 2 is 2.47 bits per heavy atom. The lowest BCUT2D eigenvalue weighted by atomic mass is 10.2. The zero-order valence-electron chi connectivity index (χ0n) is 10.7. The maximum absolute atomic E-state index is 12.0. The van der Waals surface area contributed by atoms with Crippen molar-refractivity contribution in [3.63, 3.8) is 0 Å². The van der Waals surface area contributed by atoms with Gasteiger partial charge in [0.1, 0.15) is 6.04 Å². The maximum atomic E-state index is 12.0. The SMILES string of the molecule is CC(CNC(=O)N1CCCC1C(=O)O)c1nccs1. The molecule has 0 spiro atoms. The van der Waals surface area contributed by atoms with Crippen LogP contribution >= 0.6 is 11.3 Å². The molecule has 1 aromatic heterocycles. The van der Waals surface area contributed by atoms with Gasteiger partial charge in [-0.05, 0) is 12.8 Å². The van der Waals surface area contributed by atoms with Gasteiger partial charge >= 0.3 is 12.0 Å². The summed E-state index contributed by atoms with van der Waals surface area (Å²) in [6.07, 6.45) is 3.01. The van der Waals surface area contributed by atoms with Gasteiger partial charge in [0.25, 0.3) is 0 Å². The predicted octanol–water partition coefficient (Wildman–Crippen LogP) is 1.51. The minimum atomic E-state index is -0.930. The Kier molecular flexibility index (Phi) is 4.36. The van der Waals surface area contributed by atoms with Gasteiger partial charge in [0.15, 0.2) is 0 Å². The smallest absolute Gasteiger partial charge is 0.326 e. The molecule has 1 fully saturated rings. The van der Waals surface area contributed by atoms with E-state index in [1.165, 1.54) is 4.90 Å². The second-order valence-electron chi connectivity index (χ2n) is 4.65. The topological polar surface area (TPSA) is 82.5 Å². The third-order valence-electron chi connectivity index (χ3n) is 3.23. The van der Waals surface area contributed by atoms with Crippen molar-refractivity contribution in [3.8, 4) is 0 Å². The third kappa shape index (κ3) is 3.23. The lowest BCUT2D eigenvalue weighted by Crippen LogP contribution is -2.46. The fourth-order valence-electron chi connectivity index (χ4n) is 2.17. The van der Waals surface area contributed by atoms with Gasteiger partial charge in [0.2, 0.25) is 0 Å². The Hall–Kier alpha value is -1.63. The molecule has 2 unspecified atom stereocenters. The van der Waals surface area contributed by atoms with E-state index in [-0.39, 0.29) is 11.9 Å². The molecule has 6 nitrogen and oxygen atoms in total. The Balaban J connectivity index is 1.86. The first kappa shape index (κ1) is 13.8. The van der Waals surface area contributed by atoms with Gasteiger partial charge in [-0.25, -0.2) is 14.6 Å². The number of likely N-dealkylation sites (tertiary alicyclic amines) is 1. The lowest BCUT2D eigenvalue weighted by molar-refractivity contribution is -0.141. The van der Waals surface area contributed by atoms with Gasteiger partial charge in [0.05, 0.1) is 5.01 Å². The van der Waals surface area contributed by atoms with Crippen LogP contribution in [0.5, 0.6) is 0 Å². The molecule has 2 rings (SSSR count). The van der Waals surface area contributed by atoms with E-state index in [1.807, 2.05) is 12.3 Å². The highest BCUT2D eigenvalue weighted by molar-refractivity contribution is 7.09. The number of aromatic nitrogens is 1. The normalized spacial score (nSPS) is 20.3. The van der Waals surface area contributed by atoms with Crippen LogP contribution in [0.25, 0.3) is 0 Å². The van der Waals surface area contributed by atoms with Gasteiger partial charge in [-0.3, -0.25) is 0 Å². The molecule has 104 valence electrons. The summed E-state index contributed by atoms with van der Waals surface area (Å²) < 4.78 is 0. The maximum Gasteiger partial charge on any atom is 0.326 e. The highest BCUT2D eigenvalue weighted by Crippen LogP contribution is 2.19. The van der Waals surface area contributed by atoms with Crippen LogP contribution in [0.2, 0.25) is 0 Å². The molecule has 1 aliphatic rings. The molecule has 0 bridgehead atoms. The van der Waals surface area contributed by atoms with Gasteiger partial charge in [-0.1, -0.05) is 6.92 Å². The summed E-state index contributed by atoms with van der Waals surface area (Å²) in [4.78, 5) is 28.6. The molecule has 7 heteroatoms. The standard InChI is InChI=1S/C12H17N3O3S/c1-8(10-13-4-6-19-10)7-14-12(18)15-5-2-3-9(15)11(16)17/h4,6,8-9H,2-3,5,7H2,1H3,(H,14,18)(H,16,17). The van der Waals surface area contributed by atoms with Gasteiger partial charge < -0.3 is 15.3 Å². The molecule has 0 saturated carbocycles. The number of hydrogen-bond donors (Lipinski definition) is 2. The summed E-state index contributed by atoms with van der Waals surface area (Å²) in [5.41, 5.74) is 0. The summed E-state index contributed by atoms with van der Waals surface area (Å²) in [7, 11) is 0. The van der Waals surface area contributed by atoms with E-state index < -0.39 is 12.0 Å². The molecular formula is C12H17N3O3S. The van der Waals surface area contributed by atoms with E-state index in [4.69, 9.17) is 5.11 Å². The first-order chi connectivity index (χ1) is 9.09. The Labute approximate surface area is 115 Å². The van der Waals surface area contributed by atoms with Gasteiger partial charge in [-0.15, -0.1) is 11.3 Å². The largest absolute Gasteiger partial charge is 0.480 e. The second kappa shape index (κ2) is 6.01. The van der Waals surface area contributed by atoms with E-state index in [1.54, 1.807) is 17.5 Å². The molecule has 2 N–H and O–H groups in total. The zero-order chi connectivity index (χ0) is 13.8. The molecule has 0 radical (unpaired) electrons. The molecule has 19 heavy (non-hydrogen) atoms. The summed E-state index contributed by atoms with van der Waals surface area (Å²) in [6.45, 7) is 2.96. The van der Waals surface area contributed by atoms with Crippen molar-refractivity contribution in [1.82, 2.24) is 15.2 Å². The molecule has 1 aromatic rings. The minimum Gasteiger partial charge on any atom is -0.480 e. The number of nitrogens with zero attached hydrogens (tertiary/aromatic N) is 2. The summed E-state index contributed by atoms with van der Waals surface area (Å²) in [5, 5.41) is 14.7. The van der Waals surface area contributed by atoms with Crippen LogP contribution in [0.1, 0.15) is 30.7 Å². The number of carboxylic acid groups (broad SMARTS) is 1. The van der Waals surface area contributed by atoms with Crippen molar-refractivity contribution in [2.45, 2.75) is 31.7 Å². The molecule has 0 aromatic carbocycles. The Bertz CT molecular complexity index is 449. The first-order valence-corrected chi connectivity index (χ1v) is 7.14. The van der Waals surface area contributed by atoms with Crippen molar-refractivity contribution < 1.29 is 14.7 Å². The zero-order valence-corrected chi connectivity index (χ0v) is 11.5. The number of urea groups is 1. The third-order valence-corrected chi connectivity index (χ3v) is 4.24. The Morgan fingerprint density at radius 3 is 3.11 bits per heavy atom. The van der Waals surface area contributed by atoms with E-state index in [9.17, 15) is 9.59 Å².